The molecule has 29 heavy (non-hydrogen) atoms. The van der Waals surface area contributed by atoms with E-state index in [0.29, 0.717) is 29.5 Å². The van der Waals surface area contributed by atoms with Crippen LogP contribution in [0.3, 0.4) is 0 Å². The molecule has 1 atom stereocenters. The summed E-state index contributed by atoms with van der Waals surface area (Å²) in [7, 11) is 0. The molecule has 0 unspecified atom stereocenters. The van der Waals surface area contributed by atoms with Crippen LogP contribution in [0.25, 0.3) is 0 Å². The summed E-state index contributed by atoms with van der Waals surface area (Å²) in [5.74, 6) is -0.355. The lowest BCUT2D eigenvalue weighted by Gasteiger charge is -2.34. The van der Waals surface area contributed by atoms with Gasteiger partial charge in [0.05, 0.1) is 0 Å². The van der Waals surface area contributed by atoms with Crippen molar-refractivity contribution in [2.75, 3.05) is 23.7 Å². The minimum atomic E-state index is -0.344. The monoisotopic (exact) mass is 417 g/mol. The van der Waals surface area contributed by atoms with E-state index in [1.165, 1.54) is 24.3 Å². The zero-order chi connectivity index (χ0) is 21.0. The lowest BCUT2D eigenvalue weighted by atomic mass is 9.85. The van der Waals surface area contributed by atoms with Gasteiger partial charge in [0.1, 0.15) is 5.82 Å². The van der Waals surface area contributed by atoms with Crippen LogP contribution in [0.15, 0.2) is 42.5 Å². The minimum Gasteiger partial charge on any atom is -0.326 e. The van der Waals surface area contributed by atoms with Gasteiger partial charge in [0.25, 0.3) is 0 Å². The lowest BCUT2D eigenvalue weighted by molar-refractivity contribution is -0.121. The molecule has 0 saturated carbocycles. The van der Waals surface area contributed by atoms with Crippen molar-refractivity contribution in [2.45, 2.75) is 26.7 Å². The molecule has 2 aromatic carbocycles. The molecule has 1 aliphatic rings. The fourth-order valence-electron chi connectivity index (χ4n) is 3.48. The number of hydrogen-bond acceptors (Lipinski definition) is 2. The molecular formula is C22H25ClFN3O2. The van der Waals surface area contributed by atoms with Gasteiger partial charge in [-0.2, -0.15) is 0 Å². The molecule has 0 spiro atoms. The number of anilines is 2. The first-order valence-corrected chi connectivity index (χ1v) is 10.1. The van der Waals surface area contributed by atoms with E-state index in [0.717, 1.165) is 18.4 Å². The predicted molar refractivity (Wildman–Crippen MR) is 114 cm³/mol. The van der Waals surface area contributed by atoms with Crippen molar-refractivity contribution in [3.05, 3.63) is 58.9 Å². The number of benzene rings is 2. The first-order valence-electron chi connectivity index (χ1n) is 9.72. The number of nitrogens with zero attached hydrogens (tertiary/aromatic N) is 1. The number of halogens is 2. The molecule has 0 aromatic heterocycles. The second-order valence-corrected chi connectivity index (χ2v) is 7.91. The number of piperidine rings is 1. The van der Waals surface area contributed by atoms with Crippen molar-refractivity contribution in [1.29, 1.82) is 0 Å². The summed E-state index contributed by atoms with van der Waals surface area (Å²) in [6.07, 6.45) is 1.50. The zero-order valence-electron chi connectivity index (χ0n) is 16.5. The number of carbonyl (C=O) groups excluding carboxylic acids is 2. The molecule has 7 heteroatoms. The van der Waals surface area contributed by atoms with Crippen molar-refractivity contribution >= 4 is 34.9 Å². The Balaban J connectivity index is 1.49. The fraction of sp³-hybridized carbons (Fsp3) is 0.364. The van der Waals surface area contributed by atoms with Gasteiger partial charge in [-0.25, -0.2) is 9.18 Å². The molecule has 5 nitrogen and oxygen atoms in total. The van der Waals surface area contributed by atoms with E-state index in [4.69, 9.17) is 11.6 Å². The standard InChI is InChI=1S/C22H25ClFN3O2/c1-14-3-6-19(13-20(14)23)25-21(28)15(2)16-9-11-27(12-10-16)22(29)26-18-7-4-17(24)5-8-18/h3-8,13,15-16H,9-12H2,1-2H3,(H,25,28)(H,26,29)/t15-/m1/s1. The normalized spacial score (nSPS) is 15.7. The van der Waals surface area contributed by atoms with Crippen LogP contribution in [0.1, 0.15) is 25.3 Å². The molecule has 1 heterocycles. The van der Waals surface area contributed by atoms with Crippen LogP contribution in [-0.4, -0.2) is 29.9 Å². The second kappa shape index (κ2) is 9.27. The van der Waals surface area contributed by atoms with Crippen LogP contribution in [0.4, 0.5) is 20.6 Å². The highest BCUT2D eigenvalue weighted by Gasteiger charge is 2.30. The van der Waals surface area contributed by atoms with Crippen molar-refractivity contribution < 1.29 is 14.0 Å². The van der Waals surface area contributed by atoms with E-state index >= 15 is 0 Å². The fourth-order valence-corrected chi connectivity index (χ4v) is 3.66. The molecule has 0 bridgehead atoms. The first kappa shape index (κ1) is 21.1. The predicted octanol–water partition coefficient (Wildman–Crippen LogP) is 5.31. The third kappa shape index (κ3) is 5.48. The van der Waals surface area contributed by atoms with E-state index in [9.17, 15) is 14.0 Å². The van der Waals surface area contributed by atoms with Gasteiger partial charge in [-0.15, -0.1) is 0 Å². The highest BCUT2D eigenvalue weighted by Crippen LogP contribution is 2.27. The molecule has 0 aliphatic carbocycles. The van der Waals surface area contributed by atoms with Gasteiger partial charge >= 0.3 is 6.03 Å². The van der Waals surface area contributed by atoms with Gasteiger partial charge in [-0.1, -0.05) is 24.6 Å². The molecule has 0 radical (unpaired) electrons. The van der Waals surface area contributed by atoms with E-state index in [-0.39, 0.29) is 29.6 Å². The Morgan fingerprint density at radius 3 is 2.31 bits per heavy atom. The summed E-state index contributed by atoms with van der Waals surface area (Å²) in [4.78, 5) is 26.7. The molecule has 2 N–H and O–H groups in total. The number of likely N-dealkylation sites (tertiary alicyclic amines) is 1. The Kier molecular flexibility index (Phi) is 6.75. The Hall–Kier alpha value is -2.60. The molecule has 1 saturated heterocycles. The number of nitrogens with one attached hydrogen (secondary N) is 2. The van der Waals surface area contributed by atoms with Gasteiger partial charge in [-0.3, -0.25) is 4.79 Å². The van der Waals surface area contributed by atoms with E-state index < -0.39 is 0 Å². The average molecular weight is 418 g/mol. The summed E-state index contributed by atoms with van der Waals surface area (Å²) >= 11 is 6.12. The average Bonchev–Trinajstić information content (AvgIpc) is 2.72. The first-order chi connectivity index (χ1) is 13.8. The van der Waals surface area contributed by atoms with Gasteiger partial charge < -0.3 is 15.5 Å². The number of rotatable bonds is 4. The number of carbonyl (C=O) groups is 2. The van der Waals surface area contributed by atoms with E-state index in [1.807, 2.05) is 26.0 Å². The van der Waals surface area contributed by atoms with Crippen LogP contribution in [0.5, 0.6) is 0 Å². The summed E-state index contributed by atoms with van der Waals surface area (Å²) in [5, 5.41) is 6.33. The quantitative estimate of drug-likeness (QED) is 0.708. The summed E-state index contributed by atoms with van der Waals surface area (Å²) in [6, 6.07) is 10.9. The highest BCUT2D eigenvalue weighted by molar-refractivity contribution is 6.31. The molecule has 3 amide bonds. The van der Waals surface area contributed by atoms with Crippen LogP contribution in [0.2, 0.25) is 5.02 Å². The maximum atomic E-state index is 13.0. The SMILES string of the molecule is Cc1ccc(NC(=O)[C@H](C)C2CCN(C(=O)Nc3ccc(F)cc3)CC2)cc1Cl. The zero-order valence-corrected chi connectivity index (χ0v) is 17.3. The maximum Gasteiger partial charge on any atom is 0.321 e. The van der Waals surface area contributed by atoms with Gasteiger partial charge in [0.2, 0.25) is 5.91 Å². The summed E-state index contributed by atoms with van der Waals surface area (Å²) in [6.45, 7) is 4.98. The van der Waals surface area contributed by atoms with E-state index in [1.54, 1.807) is 11.0 Å². The number of hydrogen-bond donors (Lipinski definition) is 2. The second-order valence-electron chi connectivity index (χ2n) is 7.50. The molecule has 1 aliphatic heterocycles. The molecule has 2 aromatic rings. The van der Waals surface area contributed by atoms with Gasteiger partial charge in [-0.05, 0) is 67.6 Å². The van der Waals surface area contributed by atoms with Gasteiger partial charge in [0, 0.05) is 35.4 Å². The topological polar surface area (TPSA) is 61.4 Å². The van der Waals surface area contributed by atoms with Crippen molar-refractivity contribution in [1.82, 2.24) is 4.90 Å². The van der Waals surface area contributed by atoms with Crippen LogP contribution < -0.4 is 10.6 Å². The van der Waals surface area contributed by atoms with Crippen molar-refractivity contribution in [2.24, 2.45) is 11.8 Å². The Labute approximate surface area is 175 Å². The summed E-state index contributed by atoms with van der Waals surface area (Å²) in [5.41, 5.74) is 2.21. The van der Waals surface area contributed by atoms with Crippen molar-refractivity contribution in [3.8, 4) is 0 Å². The minimum absolute atomic E-state index is 0.0425. The van der Waals surface area contributed by atoms with Crippen LogP contribution >= 0.6 is 11.6 Å². The van der Waals surface area contributed by atoms with Gasteiger partial charge in [0.15, 0.2) is 0 Å². The Morgan fingerprint density at radius 1 is 1.07 bits per heavy atom. The molecule has 1 fully saturated rings. The van der Waals surface area contributed by atoms with Crippen LogP contribution in [0, 0.1) is 24.6 Å². The third-order valence-electron chi connectivity index (χ3n) is 5.48. The lowest BCUT2D eigenvalue weighted by Crippen LogP contribution is -2.43. The van der Waals surface area contributed by atoms with E-state index in [2.05, 4.69) is 10.6 Å². The Bertz CT molecular complexity index is 880. The molecule has 3 rings (SSSR count). The van der Waals surface area contributed by atoms with Crippen LogP contribution in [-0.2, 0) is 4.79 Å². The summed E-state index contributed by atoms with van der Waals surface area (Å²) < 4.78 is 13.0. The Morgan fingerprint density at radius 2 is 1.69 bits per heavy atom. The van der Waals surface area contributed by atoms with Crippen molar-refractivity contribution in [3.63, 3.8) is 0 Å². The third-order valence-corrected chi connectivity index (χ3v) is 5.89. The molecule has 154 valence electrons. The smallest absolute Gasteiger partial charge is 0.321 e. The number of urea groups is 1. The number of amides is 3. The maximum absolute atomic E-state index is 13.0. The number of aryl methyl sites for hydroxylation is 1. The largest absolute Gasteiger partial charge is 0.326 e. The molecular weight excluding hydrogens is 393 g/mol. The highest BCUT2D eigenvalue weighted by atomic mass is 35.5.